The fourth-order valence-electron chi connectivity index (χ4n) is 4.96. The standard InChI is InChI=1S/C17H16ClNO3/c1-16-7-11(20)17(2,8-16)13-12(16)14(21)19(15(13)22)10-6-4-3-5-9(10)18/h3-6,12-13H,7-8H2,1-2H3/t12-,13-,16+,17+/m1/s1. The van der Waals surface area contributed by atoms with Gasteiger partial charge in [-0.2, -0.15) is 0 Å². The van der Waals surface area contributed by atoms with Crippen LogP contribution in [0.1, 0.15) is 26.7 Å². The van der Waals surface area contributed by atoms with Crippen LogP contribution in [-0.2, 0) is 14.4 Å². The van der Waals surface area contributed by atoms with Crippen LogP contribution in [0.5, 0.6) is 0 Å². The minimum absolute atomic E-state index is 0.110. The van der Waals surface area contributed by atoms with Crippen molar-refractivity contribution >= 4 is 34.9 Å². The predicted octanol–water partition coefficient (Wildman–Crippen LogP) is 2.83. The molecule has 0 aromatic heterocycles. The van der Waals surface area contributed by atoms with Crippen LogP contribution in [0.2, 0.25) is 5.02 Å². The minimum atomic E-state index is -0.706. The van der Waals surface area contributed by atoms with E-state index in [1.807, 2.05) is 13.8 Å². The van der Waals surface area contributed by atoms with Gasteiger partial charge in [-0.25, -0.2) is 4.90 Å². The maximum Gasteiger partial charge on any atom is 0.238 e. The largest absolute Gasteiger partial charge is 0.299 e. The molecule has 0 N–H and O–H groups in total. The Morgan fingerprint density at radius 1 is 1.09 bits per heavy atom. The van der Waals surface area contributed by atoms with Gasteiger partial charge in [0, 0.05) is 11.8 Å². The van der Waals surface area contributed by atoms with Crippen molar-refractivity contribution in [3.05, 3.63) is 29.3 Å². The van der Waals surface area contributed by atoms with Gasteiger partial charge in [-0.3, -0.25) is 14.4 Å². The molecule has 5 heteroatoms. The smallest absolute Gasteiger partial charge is 0.238 e. The Labute approximate surface area is 133 Å². The van der Waals surface area contributed by atoms with E-state index in [4.69, 9.17) is 11.6 Å². The number of carbonyl (C=O) groups excluding carboxylic acids is 3. The van der Waals surface area contributed by atoms with E-state index in [-0.39, 0.29) is 17.6 Å². The number of amides is 2. The number of hydrogen-bond donors (Lipinski definition) is 0. The highest BCUT2D eigenvalue weighted by Crippen LogP contribution is 2.68. The van der Waals surface area contributed by atoms with Crippen LogP contribution < -0.4 is 4.90 Å². The van der Waals surface area contributed by atoms with Crippen molar-refractivity contribution in [2.75, 3.05) is 4.90 Å². The van der Waals surface area contributed by atoms with Gasteiger partial charge >= 0.3 is 0 Å². The van der Waals surface area contributed by atoms with E-state index >= 15 is 0 Å². The molecule has 1 saturated heterocycles. The van der Waals surface area contributed by atoms with Crippen LogP contribution in [0.3, 0.4) is 0 Å². The lowest BCUT2D eigenvalue weighted by Gasteiger charge is -2.30. The fourth-order valence-corrected chi connectivity index (χ4v) is 5.18. The number of carbonyl (C=O) groups is 3. The zero-order valence-corrected chi connectivity index (χ0v) is 13.2. The number of ketones is 1. The summed E-state index contributed by atoms with van der Waals surface area (Å²) in [7, 11) is 0. The molecule has 2 bridgehead atoms. The topological polar surface area (TPSA) is 54.5 Å². The van der Waals surface area contributed by atoms with Gasteiger partial charge in [0.2, 0.25) is 11.8 Å². The van der Waals surface area contributed by atoms with E-state index in [2.05, 4.69) is 0 Å². The van der Waals surface area contributed by atoms with Crippen molar-refractivity contribution < 1.29 is 14.4 Å². The third kappa shape index (κ3) is 1.42. The molecular formula is C17H16ClNO3. The lowest BCUT2D eigenvalue weighted by atomic mass is 9.68. The molecule has 0 unspecified atom stereocenters. The third-order valence-electron chi connectivity index (χ3n) is 5.81. The lowest BCUT2D eigenvalue weighted by molar-refractivity contribution is -0.138. The van der Waals surface area contributed by atoms with Crippen molar-refractivity contribution in [2.24, 2.45) is 22.7 Å². The van der Waals surface area contributed by atoms with Gasteiger partial charge in [0.05, 0.1) is 22.5 Å². The van der Waals surface area contributed by atoms with E-state index in [1.54, 1.807) is 24.3 Å². The Hall–Kier alpha value is -1.68. The number of nitrogens with zero attached hydrogens (tertiary/aromatic N) is 1. The minimum Gasteiger partial charge on any atom is -0.299 e. The molecule has 22 heavy (non-hydrogen) atoms. The summed E-state index contributed by atoms with van der Waals surface area (Å²) in [5.41, 5.74) is -0.686. The van der Waals surface area contributed by atoms with Gasteiger partial charge in [-0.15, -0.1) is 0 Å². The molecule has 1 aromatic carbocycles. The molecule has 4 atom stereocenters. The van der Waals surface area contributed by atoms with Gasteiger partial charge < -0.3 is 0 Å². The van der Waals surface area contributed by atoms with E-state index in [9.17, 15) is 14.4 Å². The van der Waals surface area contributed by atoms with E-state index in [0.29, 0.717) is 23.6 Å². The Morgan fingerprint density at radius 3 is 2.41 bits per heavy atom. The molecule has 4 rings (SSSR count). The number of fused-ring (bicyclic) bond motifs is 5. The number of Topliss-reactive ketones (excluding diaryl/α,β-unsaturated/α-hetero) is 1. The Bertz CT molecular complexity index is 745. The van der Waals surface area contributed by atoms with Gasteiger partial charge in [0.1, 0.15) is 5.78 Å². The highest BCUT2D eigenvalue weighted by atomic mass is 35.5. The number of para-hydroxylation sites is 1. The summed E-state index contributed by atoms with van der Waals surface area (Å²) >= 11 is 6.16. The summed E-state index contributed by atoms with van der Waals surface area (Å²) < 4.78 is 0. The highest BCUT2D eigenvalue weighted by molar-refractivity contribution is 6.36. The molecule has 1 heterocycles. The lowest BCUT2D eigenvalue weighted by Crippen LogP contribution is -2.40. The second kappa shape index (κ2) is 3.99. The first-order chi connectivity index (χ1) is 10.3. The van der Waals surface area contributed by atoms with Crippen LogP contribution in [0.4, 0.5) is 5.69 Å². The number of rotatable bonds is 1. The van der Waals surface area contributed by atoms with Crippen molar-refractivity contribution in [2.45, 2.75) is 26.7 Å². The fraction of sp³-hybridized carbons (Fsp3) is 0.471. The third-order valence-corrected chi connectivity index (χ3v) is 6.13. The molecule has 2 saturated carbocycles. The number of benzene rings is 1. The number of imide groups is 1. The second-order valence-electron chi connectivity index (χ2n) is 7.27. The summed E-state index contributed by atoms with van der Waals surface area (Å²) in [5, 5.41) is 0.373. The summed E-state index contributed by atoms with van der Waals surface area (Å²) in [6.45, 7) is 3.80. The maximum atomic E-state index is 12.9. The first-order valence-electron chi connectivity index (χ1n) is 7.45. The molecular weight excluding hydrogens is 302 g/mol. The van der Waals surface area contributed by atoms with E-state index < -0.39 is 22.7 Å². The van der Waals surface area contributed by atoms with Gasteiger partial charge in [0.25, 0.3) is 0 Å². The van der Waals surface area contributed by atoms with Crippen molar-refractivity contribution in [3.8, 4) is 0 Å². The summed E-state index contributed by atoms with van der Waals surface area (Å²) in [6, 6.07) is 6.84. The Balaban J connectivity index is 1.86. The molecule has 4 nitrogen and oxygen atoms in total. The molecule has 2 amide bonds. The number of anilines is 1. The maximum absolute atomic E-state index is 12.9. The first kappa shape index (κ1) is 13.9. The SMILES string of the molecule is C[C@]12CC(=O)[C@](C)(C1)[C@H]1C(=O)N(c3ccccc3Cl)C(=O)[C@@H]12. The molecule has 3 fully saturated rings. The monoisotopic (exact) mass is 317 g/mol. The van der Waals surface area contributed by atoms with Gasteiger partial charge in [0.15, 0.2) is 0 Å². The molecule has 1 aliphatic heterocycles. The zero-order valence-electron chi connectivity index (χ0n) is 12.4. The Morgan fingerprint density at radius 2 is 1.73 bits per heavy atom. The normalized spacial score (nSPS) is 39.8. The van der Waals surface area contributed by atoms with Crippen LogP contribution >= 0.6 is 11.6 Å². The summed E-state index contributed by atoms with van der Waals surface area (Å²) in [4.78, 5) is 39.4. The summed E-state index contributed by atoms with van der Waals surface area (Å²) in [5.74, 6) is -1.32. The van der Waals surface area contributed by atoms with Crippen LogP contribution in [-0.4, -0.2) is 17.6 Å². The molecule has 114 valence electrons. The predicted molar refractivity (Wildman–Crippen MR) is 81.4 cm³/mol. The van der Waals surface area contributed by atoms with Gasteiger partial charge in [-0.05, 0) is 24.0 Å². The molecule has 0 spiro atoms. The average Bonchev–Trinajstić information content (AvgIpc) is 2.94. The van der Waals surface area contributed by atoms with Crippen molar-refractivity contribution in [3.63, 3.8) is 0 Å². The van der Waals surface area contributed by atoms with E-state index in [1.165, 1.54) is 4.90 Å². The highest BCUT2D eigenvalue weighted by Gasteiger charge is 2.74. The second-order valence-corrected chi connectivity index (χ2v) is 7.67. The van der Waals surface area contributed by atoms with Crippen molar-refractivity contribution in [1.29, 1.82) is 0 Å². The van der Waals surface area contributed by atoms with Gasteiger partial charge in [-0.1, -0.05) is 37.6 Å². The zero-order chi connectivity index (χ0) is 15.9. The van der Waals surface area contributed by atoms with Crippen LogP contribution in [0, 0.1) is 22.7 Å². The summed E-state index contributed by atoms with van der Waals surface area (Å²) in [6.07, 6.45) is 1.02. The first-order valence-corrected chi connectivity index (χ1v) is 7.83. The van der Waals surface area contributed by atoms with Crippen LogP contribution in [0.25, 0.3) is 0 Å². The quantitative estimate of drug-likeness (QED) is 0.748. The molecule has 2 aliphatic carbocycles. The van der Waals surface area contributed by atoms with Crippen LogP contribution in [0.15, 0.2) is 24.3 Å². The Kier molecular flexibility index (Phi) is 2.53. The van der Waals surface area contributed by atoms with E-state index in [0.717, 1.165) is 0 Å². The van der Waals surface area contributed by atoms with Crippen molar-refractivity contribution in [1.82, 2.24) is 0 Å². The molecule has 0 radical (unpaired) electrons. The number of halogens is 1. The number of hydrogen-bond acceptors (Lipinski definition) is 3. The molecule has 3 aliphatic rings. The molecule has 1 aromatic rings. The average molecular weight is 318 g/mol.